The van der Waals surface area contributed by atoms with Gasteiger partial charge in [-0.3, -0.25) is 9.59 Å². The second-order valence-electron chi connectivity index (χ2n) is 6.43. The third-order valence-electron chi connectivity index (χ3n) is 4.66. The zero-order valence-electron chi connectivity index (χ0n) is 14.7. The van der Waals surface area contributed by atoms with Crippen LogP contribution >= 0.6 is 0 Å². The molecule has 6 heteroatoms. The fourth-order valence-corrected chi connectivity index (χ4v) is 3.39. The van der Waals surface area contributed by atoms with Crippen LogP contribution < -0.4 is 0 Å². The maximum Gasteiger partial charge on any atom is 0.296 e. The van der Waals surface area contributed by atoms with Crippen molar-refractivity contribution in [3.05, 3.63) is 101 Å². The van der Waals surface area contributed by atoms with Crippen molar-refractivity contribution < 1.29 is 23.5 Å². The van der Waals surface area contributed by atoms with Gasteiger partial charge >= 0.3 is 0 Å². The van der Waals surface area contributed by atoms with Crippen LogP contribution in [0.15, 0.2) is 83.0 Å². The number of Topliss-reactive ketones (excluding diaryl/α,β-unsaturated/α-hetero) is 1. The van der Waals surface area contributed by atoms with E-state index in [4.69, 9.17) is 4.42 Å². The lowest BCUT2D eigenvalue weighted by Gasteiger charge is -2.24. The third kappa shape index (κ3) is 3.09. The predicted molar refractivity (Wildman–Crippen MR) is 99.4 cm³/mol. The van der Waals surface area contributed by atoms with Crippen molar-refractivity contribution in [3.8, 4) is 0 Å². The number of carbonyl (C=O) groups is 2. The van der Waals surface area contributed by atoms with Gasteiger partial charge < -0.3 is 14.4 Å². The topological polar surface area (TPSA) is 70.8 Å². The Hall–Kier alpha value is -3.67. The Morgan fingerprint density at radius 3 is 2.50 bits per heavy atom. The first-order valence-corrected chi connectivity index (χ1v) is 8.68. The Morgan fingerprint density at radius 1 is 1.04 bits per heavy atom. The average molecular weight is 377 g/mol. The molecule has 0 bridgehead atoms. The third-order valence-corrected chi connectivity index (χ3v) is 4.66. The highest BCUT2D eigenvalue weighted by molar-refractivity contribution is 6.46. The number of aliphatic hydroxyl groups is 1. The Bertz CT molecular complexity index is 1060. The first-order valence-electron chi connectivity index (χ1n) is 8.68. The number of amides is 1. The van der Waals surface area contributed by atoms with Gasteiger partial charge in [0.1, 0.15) is 17.3 Å². The van der Waals surface area contributed by atoms with E-state index in [1.165, 1.54) is 29.4 Å². The molecule has 0 aliphatic carbocycles. The number of aliphatic hydroxyl groups excluding tert-OH is 1. The lowest BCUT2D eigenvalue weighted by atomic mass is 9.95. The molecule has 1 N–H and O–H groups in total. The number of hydrogen-bond acceptors (Lipinski definition) is 4. The van der Waals surface area contributed by atoms with E-state index in [1.807, 2.05) is 0 Å². The highest BCUT2D eigenvalue weighted by Gasteiger charge is 2.46. The molecule has 1 aromatic heterocycles. The van der Waals surface area contributed by atoms with Gasteiger partial charge in [-0.15, -0.1) is 0 Å². The number of rotatable bonds is 4. The molecule has 4 rings (SSSR count). The quantitative estimate of drug-likeness (QED) is 0.423. The molecule has 0 spiro atoms. The summed E-state index contributed by atoms with van der Waals surface area (Å²) in [5.41, 5.74) is 0.719. The van der Waals surface area contributed by atoms with Crippen molar-refractivity contribution in [2.45, 2.75) is 12.6 Å². The van der Waals surface area contributed by atoms with Crippen molar-refractivity contribution >= 4 is 17.4 Å². The van der Waals surface area contributed by atoms with Crippen molar-refractivity contribution in [1.29, 1.82) is 0 Å². The van der Waals surface area contributed by atoms with Gasteiger partial charge in [-0.05, 0) is 29.8 Å². The van der Waals surface area contributed by atoms with Crippen LogP contribution in [0.25, 0.3) is 5.76 Å². The highest BCUT2D eigenvalue weighted by Crippen LogP contribution is 2.40. The van der Waals surface area contributed by atoms with Gasteiger partial charge in [0, 0.05) is 5.56 Å². The molecule has 1 atom stereocenters. The molecule has 0 radical (unpaired) electrons. The predicted octanol–water partition coefficient (Wildman–Crippen LogP) is 4.04. The summed E-state index contributed by atoms with van der Waals surface area (Å²) < 4.78 is 19.2. The number of ketones is 1. The molecule has 3 aromatic rings. The van der Waals surface area contributed by atoms with Gasteiger partial charge in [-0.2, -0.15) is 0 Å². The van der Waals surface area contributed by atoms with Crippen LogP contribution in [-0.4, -0.2) is 21.7 Å². The van der Waals surface area contributed by atoms with Crippen LogP contribution in [0.3, 0.4) is 0 Å². The summed E-state index contributed by atoms with van der Waals surface area (Å²) in [5.74, 6) is -1.91. The summed E-state index contributed by atoms with van der Waals surface area (Å²) in [5, 5.41) is 10.8. The first kappa shape index (κ1) is 17.7. The highest BCUT2D eigenvalue weighted by atomic mass is 19.1. The monoisotopic (exact) mass is 377 g/mol. The minimum atomic E-state index is -0.930. The molecule has 1 amide bonds. The lowest BCUT2D eigenvalue weighted by molar-refractivity contribution is -0.140. The largest absolute Gasteiger partial charge is 0.507 e. The van der Waals surface area contributed by atoms with Gasteiger partial charge in [-0.1, -0.05) is 42.5 Å². The van der Waals surface area contributed by atoms with Gasteiger partial charge in [-0.25, -0.2) is 4.39 Å². The van der Waals surface area contributed by atoms with E-state index < -0.39 is 23.5 Å². The number of benzene rings is 2. The van der Waals surface area contributed by atoms with E-state index in [1.54, 1.807) is 48.5 Å². The summed E-state index contributed by atoms with van der Waals surface area (Å²) >= 11 is 0. The zero-order chi connectivity index (χ0) is 19.7. The Morgan fingerprint density at radius 2 is 1.82 bits per heavy atom. The normalized spacial score (nSPS) is 18.6. The molecule has 1 fully saturated rings. The fraction of sp³-hybridized carbons (Fsp3) is 0.0909. The molecule has 0 unspecified atom stereocenters. The molecule has 28 heavy (non-hydrogen) atoms. The summed E-state index contributed by atoms with van der Waals surface area (Å²) in [6.45, 7) is 0.0182. The molecule has 1 aliphatic heterocycles. The summed E-state index contributed by atoms with van der Waals surface area (Å²) in [4.78, 5) is 26.8. The molecule has 0 saturated carbocycles. The van der Waals surface area contributed by atoms with Gasteiger partial charge in [0.05, 0.1) is 24.4 Å². The molecular weight excluding hydrogens is 361 g/mol. The van der Waals surface area contributed by atoms with Crippen LogP contribution in [0.4, 0.5) is 4.39 Å². The maximum atomic E-state index is 13.9. The van der Waals surface area contributed by atoms with E-state index >= 15 is 0 Å². The van der Waals surface area contributed by atoms with E-state index in [2.05, 4.69) is 0 Å². The lowest BCUT2D eigenvalue weighted by Crippen LogP contribution is -2.29. The van der Waals surface area contributed by atoms with Crippen molar-refractivity contribution in [1.82, 2.24) is 4.90 Å². The van der Waals surface area contributed by atoms with E-state index in [0.29, 0.717) is 16.9 Å². The van der Waals surface area contributed by atoms with Gasteiger partial charge in [0.25, 0.3) is 11.7 Å². The number of hydrogen-bond donors (Lipinski definition) is 1. The molecule has 2 aromatic carbocycles. The zero-order valence-corrected chi connectivity index (χ0v) is 14.7. The van der Waals surface area contributed by atoms with Crippen LogP contribution in [0.1, 0.15) is 22.9 Å². The standard InChI is InChI=1S/C22H16FNO4/c23-16-9-4-8-15(12-16)19-18(20(25)14-6-2-1-3-7-14)21(26)22(27)24(19)13-17-10-5-11-28-17/h1-12,19,25H,13H2/t19-/m0/s1. The van der Waals surface area contributed by atoms with Crippen molar-refractivity contribution in [2.24, 2.45) is 0 Å². The molecule has 2 heterocycles. The van der Waals surface area contributed by atoms with Crippen LogP contribution in [0.2, 0.25) is 0 Å². The minimum absolute atomic E-state index is 0.0182. The SMILES string of the molecule is O=C1C(=O)N(Cc2ccco2)[C@@H](c2cccc(F)c2)C1=C(O)c1ccccc1. The summed E-state index contributed by atoms with van der Waals surface area (Å²) in [6, 6.07) is 16.5. The second kappa shape index (κ2) is 7.15. The molecule has 1 saturated heterocycles. The maximum absolute atomic E-state index is 13.9. The van der Waals surface area contributed by atoms with Gasteiger partial charge in [0.15, 0.2) is 0 Å². The average Bonchev–Trinajstić information content (AvgIpc) is 3.30. The van der Waals surface area contributed by atoms with Crippen LogP contribution in [0, 0.1) is 5.82 Å². The Balaban J connectivity index is 1.88. The van der Waals surface area contributed by atoms with Gasteiger partial charge in [0.2, 0.25) is 0 Å². The van der Waals surface area contributed by atoms with Crippen molar-refractivity contribution in [3.63, 3.8) is 0 Å². The van der Waals surface area contributed by atoms with Crippen molar-refractivity contribution in [2.75, 3.05) is 0 Å². The fourth-order valence-electron chi connectivity index (χ4n) is 3.39. The number of nitrogens with zero attached hydrogens (tertiary/aromatic N) is 1. The summed E-state index contributed by atoms with van der Waals surface area (Å²) in [6.07, 6.45) is 1.47. The van der Waals surface area contributed by atoms with Crippen LogP contribution in [-0.2, 0) is 16.1 Å². The smallest absolute Gasteiger partial charge is 0.296 e. The Labute approximate surface area is 160 Å². The first-order chi connectivity index (χ1) is 13.6. The minimum Gasteiger partial charge on any atom is -0.507 e. The summed E-state index contributed by atoms with van der Waals surface area (Å²) in [7, 11) is 0. The van der Waals surface area contributed by atoms with E-state index in [9.17, 15) is 19.1 Å². The van der Waals surface area contributed by atoms with E-state index in [-0.39, 0.29) is 17.9 Å². The van der Waals surface area contributed by atoms with Crippen LogP contribution in [0.5, 0.6) is 0 Å². The molecule has 140 valence electrons. The molecular formula is C22H16FNO4. The second-order valence-corrected chi connectivity index (χ2v) is 6.43. The Kier molecular flexibility index (Phi) is 4.53. The number of halogens is 1. The van der Waals surface area contributed by atoms with E-state index in [0.717, 1.165) is 0 Å². The molecule has 5 nitrogen and oxygen atoms in total. The number of carbonyl (C=O) groups excluding carboxylic acids is 2. The number of furan rings is 1. The number of likely N-dealkylation sites (tertiary alicyclic amines) is 1. The molecule has 1 aliphatic rings.